The van der Waals surface area contributed by atoms with E-state index < -0.39 is 0 Å². The first kappa shape index (κ1) is 11.2. The van der Waals surface area contributed by atoms with Crippen LogP contribution in [0.5, 0.6) is 0 Å². The molecule has 3 N–H and O–H groups in total. The quantitative estimate of drug-likeness (QED) is 0.818. The molecule has 1 fully saturated rings. The van der Waals surface area contributed by atoms with E-state index in [4.69, 9.17) is 5.73 Å². The topological polar surface area (TPSA) is 63.8 Å². The Bertz CT molecular complexity index is 327. The van der Waals surface area contributed by atoms with Gasteiger partial charge in [-0.1, -0.05) is 19.8 Å². The minimum absolute atomic E-state index is 0.469. The number of nitrogens with zero attached hydrogens (tertiary/aromatic N) is 2. The molecule has 1 aromatic heterocycles. The van der Waals surface area contributed by atoms with E-state index in [1.165, 1.54) is 32.1 Å². The van der Waals surface area contributed by atoms with Gasteiger partial charge in [0.15, 0.2) is 0 Å². The number of hydrogen-bond acceptors (Lipinski definition) is 4. The van der Waals surface area contributed by atoms with Gasteiger partial charge in [0.1, 0.15) is 11.6 Å². The van der Waals surface area contributed by atoms with Crippen molar-refractivity contribution >= 4 is 11.6 Å². The molecule has 0 amide bonds. The number of rotatable bonds is 4. The molecule has 88 valence electrons. The molecule has 4 nitrogen and oxygen atoms in total. The SMILES string of the molecule is CCC1(CNc2ccc(N)nn2)CCCC1. The lowest BCUT2D eigenvalue weighted by molar-refractivity contribution is 0.306. The number of nitrogens with one attached hydrogen (secondary N) is 1. The van der Waals surface area contributed by atoms with Crippen molar-refractivity contribution < 1.29 is 0 Å². The molecular formula is C12H20N4. The summed E-state index contributed by atoms with van der Waals surface area (Å²) in [6.07, 6.45) is 6.63. The minimum atomic E-state index is 0.469. The average Bonchev–Trinajstić information content (AvgIpc) is 2.78. The lowest BCUT2D eigenvalue weighted by atomic mass is 9.83. The van der Waals surface area contributed by atoms with E-state index in [0.717, 1.165) is 12.4 Å². The second kappa shape index (κ2) is 4.68. The Balaban J connectivity index is 1.93. The van der Waals surface area contributed by atoms with E-state index in [1.54, 1.807) is 6.07 Å². The van der Waals surface area contributed by atoms with E-state index in [-0.39, 0.29) is 0 Å². The lowest BCUT2D eigenvalue weighted by Crippen LogP contribution is -2.26. The highest BCUT2D eigenvalue weighted by Crippen LogP contribution is 2.40. The summed E-state index contributed by atoms with van der Waals surface area (Å²) in [6, 6.07) is 3.67. The van der Waals surface area contributed by atoms with Crippen LogP contribution < -0.4 is 11.1 Å². The first-order valence-corrected chi connectivity index (χ1v) is 6.07. The molecule has 2 rings (SSSR count). The summed E-state index contributed by atoms with van der Waals surface area (Å²) in [5, 5.41) is 11.2. The summed E-state index contributed by atoms with van der Waals surface area (Å²) in [6.45, 7) is 3.28. The molecule has 1 heterocycles. The van der Waals surface area contributed by atoms with Crippen molar-refractivity contribution in [2.24, 2.45) is 5.41 Å². The van der Waals surface area contributed by atoms with Crippen molar-refractivity contribution in [1.29, 1.82) is 0 Å². The molecule has 0 radical (unpaired) electrons. The monoisotopic (exact) mass is 220 g/mol. The molecular weight excluding hydrogens is 200 g/mol. The van der Waals surface area contributed by atoms with Crippen LogP contribution in [-0.2, 0) is 0 Å². The fourth-order valence-corrected chi connectivity index (χ4v) is 2.50. The molecule has 4 heteroatoms. The zero-order valence-corrected chi connectivity index (χ0v) is 9.87. The van der Waals surface area contributed by atoms with Crippen LogP contribution in [-0.4, -0.2) is 16.7 Å². The molecule has 1 aliphatic carbocycles. The normalized spacial score (nSPS) is 18.6. The largest absolute Gasteiger partial charge is 0.382 e. The first-order chi connectivity index (χ1) is 7.74. The van der Waals surface area contributed by atoms with Gasteiger partial charge >= 0.3 is 0 Å². The Morgan fingerprint density at radius 2 is 2.06 bits per heavy atom. The summed E-state index contributed by atoms with van der Waals surface area (Å²) in [4.78, 5) is 0. The highest BCUT2D eigenvalue weighted by atomic mass is 15.2. The molecule has 0 unspecified atom stereocenters. The molecule has 0 aromatic carbocycles. The van der Waals surface area contributed by atoms with Crippen LogP contribution in [0.4, 0.5) is 11.6 Å². The Kier molecular flexibility index (Phi) is 3.27. The molecule has 1 saturated carbocycles. The molecule has 0 atom stereocenters. The maximum atomic E-state index is 5.50. The zero-order chi connectivity index (χ0) is 11.4. The van der Waals surface area contributed by atoms with Gasteiger partial charge in [-0.25, -0.2) is 0 Å². The van der Waals surface area contributed by atoms with Crippen molar-refractivity contribution in [3.63, 3.8) is 0 Å². The van der Waals surface area contributed by atoms with Crippen molar-refractivity contribution in [1.82, 2.24) is 10.2 Å². The molecule has 16 heavy (non-hydrogen) atoms. The number of aromatic nitrogens is 2. The van der Waals surface area contributed by atoms with Gasteiger partial charge in [-0.2, -0.15) is 0 Å². The van der Waals surface area contributed by atoms with Gasteiger partial charge in [0.05, 0.1) is 0 Å². The Labute approximate surface area is 96.6 Å². The Morgan fingerprint density at radius 3 is 2.62 bits per heavy atom. The number of nitrogens with two attached hydrogens (primary N) is 1. The van der Waals surface area contributed by atoms with Crippen LogP contribution in [0.25, 0.3) is 0 Å². The molecule has 0 saturated heterocycles. The van der Waals surface area contributed by atoms with Crippen LogP contribution in [0.3, 0.4) is 0 Å². The van der Waals surface area contributed by atoms with E-state index in [0.29, 0.717) is 11.2 Å². The van der Waals surface area contributed by atoms with Gasteiger partial charge in [0.25, 0.3) is 0 Å². The van der Waals surface area contributed by atoms with Gasteiger partial charge in [0, 0.05) is 6.54 Å². The van der Waals surface area contributed by atoms with Crippen molar-refractivity contribution in [3.05, 3.63) is 12.1 Å². The lowest BCUT2D eigenvalue weighted by Gasteiger charge is -2.27. The number of nitrogen functional groups attached to an aromatic ring is 1. The van der Waals surface area contributed by atoms with Crippen molar-refractivity contribution in [3.8, 4) is 0 Å². The summed E-state index contributed by atoms with van der Waals surface area (Å²) in [5.41, 5.74) is 5.97. The second-order valence-electron chi connectivity index (χ2n) is 4.76. The van der Waals surface area contributed by atoms with Gasteiger partial charge in [-0.15, -0.1) is 10.2 Å². The van der Waals surface area contributed by atoms with Gasteiger partial charge in [-0.05, 0) is 36.8 Å². The van der Waals surface area contributed by atoms with Crippen LogP contribution in [0.15, 0.2) is 12.1 Å². The predicted molar refractivity (Wildman–Crippen MR) is 66.1 cm³/mol. The van der Waals surface area contributed by atoms with Crippen LogP contribution >= 0.6 is 0 Å². The van der Waals surface area contributed by atoms with Crippen molar-refractivity contribution in [2.75, 3.05) is 17.6 Å². The highest BCUT2D eigenvalue weighted by molar-refractivity contribution is 5.38. The van der Waals surface area contributed by atoms with E-state index >= 15 is 0 Å². The highest BCUT2D eigenvalue weighted by Gasteiger charge is 2.31. The molecule has 1 aliphatic rings. The molecule has 1 aromatic rings. The average molecular weight is 220 g/mol. The third-order valence-corrected chi connectivity index (χ3v) is 3.74. The second-order valence-corrected chi connectivity index (χ2v) is 4.76. The van der Waals surface area contributed by atoms with Crippen LogP contribution in [0.2, 0.25) is 0 Å². The smallest absolute Gasteiger partial charge is 0.148 e. The van der Waals surface area contributed by atoms with Crippen molar-refractivity contribution in [2.45, 2.75) is 39.0 Å². The maximum Gasteiger partial charge on any atom is 0.148 e. The van der Waals surface area contributed by atoms with E-state index in [9.17, 15) is 0 Å². The van der Waals surface area contributed by atoms with Gasteiger partial charge < -0.3 is 11.1 Å². The van der Waals surface area contributed by atoms with E-state index in [2.05, 4.69) is 22.4 Å². The number of hydrogen-bond donors (Lipinski definition) is 2. The molecule has 0 bridgehead atoms. The minimum Gasteiger partial charge on any atom is -0.382 e. The summed E-state index contributed by atoms with van der Waals surface area (Å²) >= 11 is 0. The van der Waals surface area contributed by atoms with Gasteiger partial charge in [0.2, 0.25) is 0 Å². The Morgan fingerprint density at radius 1 is 1.31 bits per heavy atom. The molecule has 0 spiro atoms. The first-order valence-electron chi connectivity index (χ1n) is 6.07. The standard InChI is InChI=1S/C12H20N4/c1-2-12(7-3-4-8-12)9-14-11-6-5-10(13)15-16-11/h5-6H,2-4,7-9H2,1H3,(H2,13,15)(H,14,16). The van der Waals surface area contributed by atoms with Crippen LogP contribution in [0, 0.1) is 5.41 Å². The third kappa shape index (κ3) is 2.43. The third-order valence-electron chi connectivity index (χ3n) is 3.74. The van der Waals surface area contributed by atoms with E-state index in [1.807, 2.05) is 6.07 Å². The fourth-order valence-electron chi connectivity index (χ4n) is 2.50. The zero-order valence-electron chi connectivity index (χ0n) is 9.87. The predicted octanol–water partition coefficient (Wildman–Crippen LogP) is 2.44. The Hall–Kier alpha value is -1.32. The molecule has 0 aliphatic heterocycles. The summed E-state index contributed by atoms with van der Waals surface area (Å²) in [7, 11) is 0. The summed E-state index contributed by atoms with van der Waals surface area (Å²) in [5.74, 6) is 1.30. The number of anilines is 2. The maximum absolute atomic E-state index is 5.50. The van der Waals surface area contributed by atoms with Gasteiger partial charge in [-0.3, -0.25) is 0 Å². The van der Waals surface area contributed by atoms with Crippen LogP contribution in [0.1, 0.15) is 39.0 Å². The summed E-state index contributed by atoms with van der Waals surface area (Å²) < 4.78 is 0. The fraction of sp³-hybridized carbons (Fsp3) is 0.667.